The highest BCUT2D eigenvalue weighted by molar-refractivity contribution is 7.17. The van der Waals surface area contributed by atoms with Gasteiger partial charge in [0, 0.05) is 28.9 Å². The maximum Gasteiger partial charge on any atom is 0.317 e. The van der Waals surface area contributed by atoms with Crippen molar-refractivity contribution in [3.05, 3.63) is 34.2 Å². The quantitative estimate of drug-likeness (QED) is 0.843. The van der Waals surface area contributed by atoms with E-state index >= 15 is 0 Å². The van der Waals surface area contributed by atoms with Gasteiger partial charge in [-0.15, -0.1) is 11.3 Å². The van der Waals surface area contributed by atoms with Crippen molar-refractivity contribution in [2.75, 3.05) is 26.7 Å². The molecule has 140 valence electrons. The number of carbonyl (C=O) groups excluding carboxylic acids is 1. The van der Waals surface area contributed by atoms with E-state index in [1.54, 1.807) is 11.3 Å². The summed E-state index contributed by atoms with van der Waals surface area (Å²) in [4.78, 5) is 27.5. The lowest BCUT2D eigenvalue weighted by Gasteiger charge is -2.25. The Morgan fingerprint density at radius 3 is 2.92 bits per heavy atom. The number of likely N-dealkylation sites (tertiary alicyclic amines) is 1. The van der Waals surface area contributed by atoms with Gasteiger partial charge >= 0.3 is 5.97 Å². The van der Waals surface area contributed by atoms with Gasteiger partial charge in [-0.25, -0.2) is 0 Å². The number of amides is 1. The molecule has 1 N–H and O–H groups in total. The highest BCUT2D eigenvalue weighted by atomic mass is 35.5. The number of carboxylic acid groups (broad SMARTS) is 1. The predicted molar refractivity (Wildman–Crippen MR) is 105 cm³/mol. The van der Waals surface area contributed by atoms with Crippen LogP contribution in [0, 0.1) is 0 Å². The number of hydrogen-bond donors (Lipinski definition) is 1. The monoisotopic (exact) mass is 394 g/mol. The van der Waals surface area contributed by atoms with Gasteiger partial charge in [0.25, 0.3) is 0 Å². The molecule has 1 aliphatic rings. The first-order valence-electron chi connectivity index (χ1n) is 8.79. The Bertz CT molecular complexity index is 807. The van der Waals surface area contributed by atoms with Gasteiger partial charge in [0.1, 0.15) is 0 Å². The Morgan fingerprint density at radius 2 is 2.15 bits per heavy atom. The summed E-state index contributed by atoms with van der Waals surface area (Å²) in [6, 6.07) is 6.00. The van der Waals surface area contributed by atoms with E-state index in [2.05, 4.69) is 0 Å². The molecule has 1 fully saturated rings. The number of hydrogen-bond acceptors (Lipinski definition) is 4. The Hall–Kier alpha value is -1.63. The van der Waals surface area contributed by atoms with E-state index in [1.807, 2.05) is 40.4 Å². The molecule has 0 bridgehead atoms. The standard InChI is InChI=1S/C19H23ClN2O3S/c1-21(11-19(24)25)15-3-2-7-22(8-6-15)18(23)9-13-12-26-17-5-4-14(20)10-16(13)17/h4-5,10,12,15H,2-3,6-9,11H2,1H3,(H,24,25). The van der Waals surface area contributed by atoms with E-state index in [9.17, 15) is 9.59 Å². The smallest absolute Gasteiger partial charge is 0.317 e. The molecule has 0 spiro atoms. The van der Waals surface area contributed by atoms with Gasteiger partial charge in [-0.3, -0.25) is 14.5 Å². The zero-order valence-electron chi connectivity index (χ0n) is 14.8. The molecule has 1 atom stereocenters. The molecular formula is C19H23ClN2O3S. The minimum absolute atomic E-state index is 0.0419. The lowest BCUT2D eigenvalue weighted by Crippen LogP contribution is -2.37. The molecule has 1 aromatic carbocycles. The Morgan fingerprint density at radius 1 is 1.35 bits per heavy atom. The van der Waals surface area contributed by atoms with E-state index in [4.69, 9.17) is 16.7 Å². The number of fused-ring (bicyclic) bond motifs is 1. The highest BCUT2D eigenvalue weighted by Gasteiger charge is 2.24. The predicted octanol–water partition coefficient (Wildman–Crippen LogP) is 3.49. The van der Waals surface area contributed by atoms with Crippen molar-refractivity contribution >= 4 is 44.9 Å². The fraction of sp³-hybridized carbons (Fsp3) is 0.474. The van der Waals surface area contributed by atoms with Crippen molar-refractivity contribution in [2.24, 2.45) is 0 Å². The van der Waals surface area contributed by atoms with E-state index in [-0.39, 0.29) is 18.5 Å². The molecule has 0 aliphatic carbocycles. The van der Waals surface area contributed by atoms with E-state index < -0.39 is 5.97 Å². The van der Waals surface area contributed by atoms with Crippen molar-refractivity contribution in [2.45, 2.75) is 31.7 Å². The minimum atomic E-state index is -0.812. The normalized spacial score (nSPS) is 18.3. The second-order valence-electron chi connectivity index (χ2n) is 6.85. The Labute approximate surface area is 162 Å². The van der Waals surface area contributed by atoms with Crippen LogP contribution in [0.15, 0.2) is 23.6 Å². The third-order valence-electron chi connectivity index (χ3n) is 5.02. The lowest BCUT2D eigenvalue weighted by atomic mass is 10.1. The summed E-state index contributed by atoms with van der Waals surface area (Å²) in [5.74, 6) is -0.682. The number of thiophene rings is 1. The maximum absolute atomic E-state index is 12.8. The third-order valence-corrected chi connectivity index (χ3v) is 6.26. The van der Waals surface area contributed by atoms with Crippen LogP contribution in [0.2, 0.25) is 5.02 Å². The Balaban J connectivity index is 1.63. The highest BCUT2D eigenvalue weighted by Crippen LogP contribution is 2.29. The van der Waals surface area contributed by atoms with Crippen molar-refractivity contribution in [1.82, 2.24) is 9.80 Å². The number of nitrogens with zero attached hydrogens (tertiary/aromatic N) is 2. The number of halogens is 1. The van der Waals surface area contributed by atoms with Gasteiger partial charge in [0.2, 0.25) is 5.91 Å². The van der Waals surface area contributed by atoms with E-state index in [1.165, 1.54) is 0 Å². The maximum atomic E-state index is 12.8. The van der Waals surface area contributed by atoms with Crippen molar-refractivity contribution < 1.29 is 14.7 Å². The summed E-state index contributed by atoms with van der Waals surface area (Å²) in [5.41, 5.74) is 1.03. The van der Waals surface area contributed by atoms with Crippen LogP contribution in [0.25, 0.3) is 10.1 Å². The molecule has 3 rings (SSSR count). The molecule has 1 amide bonds. The molecule has 1 unspecified atom stereocenters. The number of benzene rings is 1. The molecule has 1 aliphatic heterocycles. The number of carboxylic acids is 1. The molecule has 2 heterocycles. The van der Waals surface area contributed by atoms with Crippen LogP contribution in [0.5, 0.6) is 0 Å². The molecule has 5 nitrogen and oxygen atoms in total. The van der Waals surface area contributed by atoms with Gasteiger partial charge in [0.15, 0.2) is 0 Å². The second kappa shape index (κ2) is 8.37. The number of likely N-dealkylation sites (N-methyl/N-ethyl adjacent to an activating group) is 1. The van der Waals surface area contributed by atoms with Crippen molar-refractivity contribution in [3.8, 4) is 0 Å². The fourth-order valence-electron chi connectivity index (χ4n) is 3.58. The van der Waals surface area contributed by atoms with Crippen LogP contribution in [-0.4, -0.2) is 59.5 Å². The van der Waals surface area contributed by atoms with Gasteiger partial charge in [-0.05, 0) is 60.8 Å². The van der Waals surface area contributed by atoms with Crippen LogP contribution < -0.4 is 0 Å². The van der Waals surface area contributed by atoms with E-state index in [0.717, 1.165) is 41.5 Å². The topological polar surface area (TPSA) is 60.9 Å². The van der Waals surface area contributed by atoms with Crippen LogP contribution in [0.3, 0.4) is 0 Å². The lowest BCUT2D eigenvalue weighted by molar-refractivity contribution is -0.138. The number of aliphatic carboxylic acids is 1. The number of rotatable bonds is 5. The zero-order valence-corrected chi connectivity index (χ0v) is 16.4. The van der Waals surface area contributed by atoms with Crippen LogP contribution in [-0.2, 0) is 16.0 Å². The van der Waals surface area contributed by atoms with Crippen LogP contribution in [0.1, 0.15) is 24.8 Å². The molecule has 2 aromatic rings. The molecule has 26 heavy (non-hydrogen) atoms. The summed E-state index contributed by atoms with van der Waals surface area (Å²) >= 11 is 7.73. The summed E-state index contributed by atoms with van der Waals surface area (Å²) in [6.07, 6.45) is 3.02. The average Bonchev–Trinajstić information content (AvgIpc) is 2.82. The van der Waals surface area contributed by atoms with Crippen LogP contribution >= 0.6 is 22.9 Å². The van der Waals surface area contributed by atoms with Gasteiger partial charge in [0.05, 0.1) is 13.0 Å². The summed E-state index contributed by atoms with van der Waals surface area (Å²) in [5, 5.41) is 12.7. The fourth-order valence-corrected chi connectivity index (χ4v) is 4.69. The first-order valence-corrected chi connectivity index (χ1v) is 10.0. The molecule has 0 saturated carbocycles. The minimum Gasteiger partial charge on any atom is -0.480 e. The summed E-state index contributed by atoms with van der Waals surface area (Å²) in [6.45, 7) is 1.45. The van der Waals surface area contributed by atoms with Gasteiger partial charge in [-0.1, -0.05) is 11.6 Å². The summed E-state index contributed by atoms with van der Waals surface area (Å²) in [7, 11) is 1.84. The van der Waals surface area contributed by atoms with Gasteiger partial charge < -0.3 is 10.0 Å². The van der Waals surface area contributed by atoms with E-state index in [0.29, 0.717) is 18.0 Å². The van der Waals surface area contributed by atoms with Crippen LogP contribution in [0.4, 0.5) is 0 Å². The average molecular weight is 395 g/mol. The second-order valence-corrected chi connectivity index (χ2v) is 8.20. The Kier molecular flexibility index (Phi) is 6.16. The molecular weight excluding hydrogens is 372 g/mol. The van der Waals surface area contributed by atoms with Crippen molar-refractivity contribution in [3.63, 3.8) is 0 Å². The first kappa shape index (κ1) is 19.1. The van der Waals surface area contributed by atoms with Gasteiger partial charge in [-0.2, -0.15) is 0 Å². The largest absolute Gasteiger partial charge is 0.480 e. The first-order chi connectivity index (χ1) is 12.4. The molecule has 7 heteroatoms. The van der Waals surface area contributed by atoms with Crippen molar-refractivity contribution in [1.29, 1.82) is 0 Å². The molecule has 1 saturated heterocycles. The third kappa shape index (κ3) is 4.55. The number of carbonyl (C=O) groups is 2. The SMILES string of the molecule is CN(CC(=O)O)C1CCCN(C(=O)Cc2csc3ccc(Cl)cc23)CC1. The molecule has 1 aromatic heterocycles. The summed E-state index contributed by atoms with van der Waals surface area (Å²) < 4.78 is 1.14. The molecule has 0 radical (unpaired) electrons. The zero-order chi connectivity index (χ0) is 18.7.